The van der Waals surface area contributed by atoms with Crippen LogP contribution in [0.15, 0.2) is 12.3 Å². The van der Waals surface area contributed by atoms with Crippen LogP contribution in [0.5, 0.6) is 0 Å². The maximum Gasteiger partial charge on any atom is 0.335 e. The number of hydrogen-bond acceptors (Lipinski definition) is 14. The number of aliphatic hydroxyl groups is 3. The van der Waals surface area contributed by atoms with Gasteiger partial charge in [-0.05, 0) is 19.4 Å². The van der Waals surface area contributed by atoms with Crippen molar-refractivity contribution in [2.24, 2.45) is 39.9 Å². The van der Waals surface area contributed by atoms with E-state index in [1.54, 1.807) is 26.8 Å². The van der Waals surface area contributed by atoms with Crippen LogP contribution in [0.2, 0.25) is 0 Å². The van der Waals surface area contributed by atoms with E-state index in [9.17, 15) is 29.7 Å². The highest BCUT2D eigenvalue weighted by atomic mass is 16.7. The molecule has 2 bridgehead atoms. The summed E-state index contributed by atoms with van der Waals surface area (Å²) >= 11 is 0. The number of carbonyl (C=O) groups excluding carboxylic acids is 3. The number of ether oxygens (including phenoxy) is 8. The SMILES string of the molecule is COC(=O)C1OCC23C(O)CC(OC(=O)C(C)C)C4(C(=O)OC)COC(C42)C(O)C(C)(C24OC2(C)C2CC4OC4OC=CC42O)C13. The Balaban J connectivity index is 1.32. The lowest BCUT2D eigenvalue weighted by Gasteiger charge is -2.65. The number of epoxide rings is 1. The minimum atomic E-state index is -1.63. The van der Waals surface area contributed by atoms with Crippen LogP contribution in [-0.2, 0) is 52.3 Å². The van der Waals surface area contributed by atoms with Crippen molar-refractivity contribution in [2.45, 2.75) is 100 Å². The van der Waals surface area contributed by atoms with Crippen molar-refractivity contribution in [2.75, 3.05) is 27.4 Å². The van der Waals surface area contributed by atoms with Crippen LogP contribution in [-0.4, -0.2) is 120 Å². The fraction of sp³-hybridized carbons (Fsp3) is 0.844. The Labute approximate surface area is 265 Å². The average Bonchev–Trinajstić information content (AvgIpc) is 3.46. The van der Waals surface area contributed by atoms with Gasteiger partial charge in [-0.15, -0.1) is 0 Å². The van der Waals surface area contributed by atoms with Gasteiger partial charge in [0.25, 0.3) is 0 Å². The summed E-state index contributed by atoms with van der Waals surface area (Å²) in [5.41, 5.74) is -8.31. The number of esters is 3. The van der Waals surface area contributed by atoms with Crippen LogP contribution < -0.4 is 0 Å². The normalized spacial score (nSPS) is 56.7. The smallest absolute Gasteiger partial charge is 0.335 e. The molecule has 1 spiro atoms. The molecule has 0 radical (unpaired) electrons. The molecule has 8 rings (SSSR count). The van der Waals surface area contributed by atoms with Gasteiger partial charge in [0, 0.05) is 35.0 Å². The average molecular weight is 651 g/mol. The third-order valence-corrected chi connectivity index (χ3v) is 13.5. The van der Waals surface area contributed by atoms with Crippen molar-refractivity contribution >= 4 is 17.9 Å². The molecular weight excluding hydrogens is 608 g/mol. The van der Waals surface area contributed by atoms with E-state index >= 15 is 0 Å². The van der Waals surface area contributed by atoms with Crippen LogP contribution >= 0.6 is 0 Å². The van der Waals surface area contributed by atoms with Gasteiger partial charge in [-0.25, -0.2) is 4.79 Å². The van der Waals surface area contributed by atoms with Gasteiger partial charge >= 0.3 is 17.9 Å². The fourth-order valence-corrected chi connectivity index (χ4v) is 11.7. The Bertz CT molecular complexity index is 1420. The number of rotatable bonds is 5. The molecule has 0 aromatic rings. The molecular formula is C32H42O14. The molecule has 14 heteroatoms. The Hall–Kier alpha value is -2.33. The standard InChI is InChI=1S/C32H42O14/c1-13(2)23(35)44-16-10-15(33)29-11-43-19(24(36)39-5)20(29)27(3,22(34)18-21(29)30(16,12-42-18)25(37)40-6)32-17-9-14(28(32,4)46-32)31(38)7-8-41-26(31)45-17/h7-8,13-22,26,33-34,38H,9-12H2,1-6H3. The van der Waals surface area contributed by atoms with E-state index < -0.39 is 118 Å². The van der Waals surface area contributed by atoms with E-state index in [0.717, 1.165) is 0 Å². The van der Waals surface area contributed by atoms with E-state index in [1.807, 2.05) is 6.92 Å². The zero-order valence-corrected chi connectivity index (χ0v) is 26.7. The van der Waals surface area contributed by atoms with Gasteiger partial charge < -0.3 is 53.2 Å². The maximum atomic E-state index is 14.0. The molecule has 0 amide bonds. The minimum Gasteiger partial charge on any atom is -0.469 e. The third-order valence-electron chi connectivity index (χ3n) is 13.5. The minimum absolute atomic E-state index is 0.172. The first-order valence-electron chi connectivity index (χ1n) is 16.0. The molecule has 5 heterocycles. The van der Waals surface area contributed by atoms with Gasteiger partial charge in [-0.1, -0.05) is 20.8 Å². The summed E-state index contributed by atoms with van der Waals surface area (Å²) in [7, 11) is 2.46. The lowest BCUT2D eigenvalue weighted by molar-refractivity contribution is -0.295. The molecule has 5 aliphatic heterocycles. The number of hydrogen-bond donors (Lipinski definition) is 3. The third kappa shape index (κ3) is 3.04. The predicted molar refractivity (Wildman–Crippen MR) is 149 cm³/mol. The molecule has 16 unspecified atom stereocenters. The summed E-state index contributed by atoms with van der Waals surface area (Å²) in [4.78, 5) is 40.5. The van der Waals surface area contributed by atoms with Gasteiger partial charge in [0.2, 0.25) is 6.29 Å². The molecule has 3 N–H and O–H groups in total. The van der Waals surface area contributed by atoms with Crippen LogP contribution in [0.1, 0.15) is 40.5 Å². The molecule has 4 saturated heterocycles. The molecule has 3 saturated carbocycles. The first-order chi connectivity index (χ1) is 21.7. The molecule has 14 nitrogen and oxygen atoms in total. The van der Waals surface area contributed by atoms with Crippen LogP contribution in [0, 0.1) is 39.9 Å². The summed E-state index contributed by atoms with van der Waals surface area (Å²) in [6.07, 6.45) is -4.74. The summed E-state index contributed by atoms with van der Waals surface area (Å²) in [6, 6.07) is 0. The second kappa shape index (κ2) is 9.21. The van der Waals surface area contributed by atoms with Crippen molar-refractivity contribution in [3.8, 4) is 0 Å². The van der Waals surface area contributed by atoms with Crippen LogP contribution in [0.25, 0.3) is 0 Å². The number of aliphatic hydroxyl groups excluding tert-OH is 2. The highest BCUT2D eigenvalue weighted by Crippen LogP contribution is 2.82. The lowest BCUT2D eigenvalue weighted by Crippen LogP contribution is -2.77. The maximum absolute atomic E-state index is 14.0. The molecule has 3 aliphatic carbocycles. The predicted octanol–water partition coefficient (Wildman–Crippen LogP) is -0.404. The molecule has 8 aliphatic rings. The van der Waals surface area contributed by atoms with Gasteiger partial charge in [0.15, 0.2) is 11.7 Å². The van der Waals surface area contributed by atoms with Gasteiger partial charge in [-0.3, -0.25) is 9.59 Å². The van der Waals surface area contributed by atoms with Gasteiger partial charge in [-0.2, -0.15) is 0 Å². The molecule has 7 fully saturated rings. The highest BCUT2D eigenvalue weighted by Gasteiger charge is 2.95. The quantitative estimate of drug-likeness (QED) is 0.198. The lowest BCUT2D eigenvalue weighted by atomic mass is 9.38. The summed E-state index contributed by atoms with van der Waals surface area (Å²) < 4.78 is 48.0. The van der Waals surface area contributed by atoms with Crippen LogP contribution in [0.4, 0.5) is 0 Å². The second-order valence-corrected chi connectivity index (χ2v) is 15.2. The Morgan fingerprint density at radius 1 is 1.00 bits per heavy atom. The fourth-order valence-electron chi connectivity index (χ4n) is 11.7. The summed E-state index contributed by atoms with van der Waals surface area (Å²) in [6.45, 7) is 6.52. The van der Waals surface area contributed by atoms with E-state index in [4.69, 9.17) is 37.9 Å². The Kier molecular flexibility index (Phi) is 6.20. The largest absolute Gasteiger partial charge is 0.469 e. The van der Waals surface area contributed by atoms with Crippen molar-refractivity contribution in [3.05, 3.63) is 12.3 Å². The Morgan fingerprint density at radius 2 is 1.74 bits per heavy atom. The first kappa shape index (κ1) is 31.0. The summed E-state index contributed by atoms with van der Waals surface area (Å²) in [5.74, 6) is -5.02. The number of methoxy groups -OCH3 is 2. The number of carbonyl (C=O) groups is 3. The van der Waals surface area contributed by atoms with Crippen LogP contribution in [0.3, 0.4) is 0 Å². The van der Waals surface area contributed by atoms with Crippen molar-refractivity contribution in [3.63, 3.8) is 0 Å². The number of fused-ring (bicyclic) bond motifs is 7. The van der Waals surface area contributed by atoms with E-state index in [-0.39, 0.29) is 19.6 Å². The van der Waals surface area contributed by atoms with E-state index in [2.05, 4.69) is 0 Å². The monoisotopic (exact) mass is 650 g/mol. The molecule has 254 valence electrons. The summed E-state index contributed by atoms with van der Waals surface area (Å²) in [5, 5.41) is 36.8. The second-order valence-electron chi connectivity index (χ2n) is 15.2. The highest BCUT2D eigenvalue weighted by molar-refractivity contribution is 5.81. The molecule has 16 atom stereocenters. The first-order valence-corrected chi connectivity index (χ1v) is 16.0. The van der Waals surface area contributed by atoms with E-state index in [0.29, 0.717) is 6.42 Å². The van der Waals surface area contributed by atoms with Gasteiger partial charge in [0.05, 0.1) is 64.0 Å². The van der Waals surface area contributed by atoms with E-state index in [1.165, 1.54) is 20.5 Å². The van der Waals surface area contributed by atoms with Crippen molar-refractivity contribution in [1.82, 2.24) is 0 Å². The molecule has 46 heavy (non-hydrogen) atoms. The zero-order valence-electron chi connectivity index (χ0n) is 26.7. The Morgan fingerprint density at radius 3 is 2.41 bits per heavy atom. The molecule has 0 aromatic carbocycles. The van der Waals surface area contributed by atoms with Crippen molar-refractivity contribution < 1.29 is 67.6 Å². The van der Waals surface area contributed by atoms with Gasteiger partial charge in [0.1, 0.15) is 22.7 Å². The molecule has 0 aromatic heterocycles. The topological polar surface area (TPSA) is 189 Å². The van der Waals surface area contributed by atoms with Crippen molar-refractivity contribution in [1.29, 1.82) is 0 Å². The zero-order chi connectivity index (χ0) is 33.0.